The van der Waals surface area contributed by atoms with Crippen LogP contribution in [0.4, 0.5) is 0 Å². The number of nitrogens with zero attached hydrogens (tertiary/aromatic N) is 1. The summed E-state index contributed by atoms with van der Waals surface area (Å²) < 4.78 is 5.72. The summed E-state index contributed by atoms with van der Waals surface area (Å²) in [6.07, 6.45) is 3.82. The summed E-state index contributed by atoms with van der Waals surface area (Å²) in [5.41, 5.74) is 4.17. The van der Waals surface area contributed by atoms with Crippen molar-refractivity contribution < 1.29 is 14.9 Å². The number of phenols is 1. The Hall–Kier alpha value is -3.31. The molecule has 0 radical (unpaired) electrons. The first kappa shape index (κ1) is 20.4. The molecule has 2 aromatic carbocycles. The zero-order valence-electron chi connectivity index (χ0n) is 16.7. The minimum atomic E-state index is -0.00392. The van der Waals surface area contributed by atoms with Gasteiger partial charge in [0.15, 0.2) is 0 Å². The summed E-state index contributed by atoms with van der Waals surface area (Å²) in [5, 5.41) is 22.2. The largest absolute Gasteiger partial charge is 0.508 e. The van der Waals surface area contributed by atoms with Gasteiger partial charge in [0.05, 0.1) is 0 Å². The van der Waals surface area contributed by atoms with Crippen LogP contribution in [0.5, 0.6) is 17.4 Å². The van der Waals surface area contributed by atoms with Gasteiger partial charge in [0, 0.05) is 24.7 Å². The van der Waals surface area contributed by atoms with Crippen LogP contribution in [0.1, 0.15) is 29.5 Å². The molecule has 0 amide bonds. The molecular weight excluding hydrogens is 364 g/mol. The van der Waals surface area contributed by atoms with E-state index in [1.807, 2.05) is 44.3 Å². The fourth-order valence-corrected chi connectivity index (χ4v) is 3.07. The number of aromatic nitrogens is 1. The molecule has 5 nitrogen and oxygen atoms in total. The Bertz CT molecular complexity index is 933. The lowest BCUT2D eigenvalue weighted by Gasteiger charge is -2.17. The molecule has 0 saturated heterocycles. The molecule has 1 aromatic heterocycles. The molecule has 3 N–H and O–H groups in total. The van der Waals surface area contributed by atoms with E-state index in [2.05, 4.69) is 28.5 Å². The zero-order valence-corrected chi connectivity index (χ0v) is 16.7. The molecule has 29 heavy (non-hydrogen) atoms. The van der Waals surface area contributed by atoms with E-state index in [4.69, 9.17) is 4.74 Å². The Balaban J connectivity index is 1.92. The molecule has 0 fully saturated rings. The fraction of sp³-hybridized carbons (Fsp3) is 0.208. The van der Waals surface area contributed by atoms with Crippen molar-refractivity contribution in [2.24, 2.45) is 0 Å². The normalized spacial score (nSPS) is 12.6. The van der Waals surface area contributed by atoms with E-state index in [1.54, 1.807) is 24.4 Å². The summed E-state index contributed by atoms with van der Waals surface area (Å²) in [4.78, 5) is 3.97. The van der Waals surface area contributed by atoms with Crippen molar-refractivity contribution in [3.05, 3.63) is 89.6 Å². The molecule has 0 aliphatic heterocycles. The molecule has 0 aliphatic rings. The minimum absolute atomic E-state index is 0.00392. The van der Waals surface area contributed by atoms with E-state index in [-0.39, 0.29) is 17.5 Å². The van der Waals surface area contributed by atoms with E-state index in [1.165, 1.54) is 0 Å². The average Bonchev–Trinajstić information content (AvgIpc) is 2.74. The first-order chi connectivity index (χ1) is 14.1. The lowest BCUT2D eigenvalue weighted by molar-refractivity contribution is 0.318. The molecule has 0 spiro atoms. The van der Waals surface area contributed by atoms with Crippen LogP contribution >= 0.6 is 0 Å². The molecule has 0 saturated carbocycles. The van der Waals surface area contributed by atoms with Gasteiger partial charge < -0.3 is 20.3 Å². The molecule has 1 atom stereocenters. The third-order valence-electron chi connectivity index (χ3n) is 4.73. The highest BCUT2D eigenvalue weighted by atomic mass is 16.5. The number of aromatic hydroxyl groups is 2. The van der Waals surface area contributed by atoms with E-state index in [0.717, 1.165) is 34.6 Å². The number of benzene rings is 2. The van der Waals surface area contributed by atoms with Crippen LogP contribution in [0.2, 0.25) is 0 Å². The fourth-order valence-electron chi connectivity index (χ4n) is 3.07. The monoisotopic (exact) mass is 390 g/mol. The Morgan fingerprint density at radius 2 is 1.66 bits per heavy atom. The van der Waals surface area contributed by atoms with Crippen molar-refractivity contribution in [2.75, 3.05) is 20.2 Å². The van der Waals surface area contributed by atoms with Crippen LogP contribution in [0.3, 0.4) is 0 Å². The van der Waals surface area contributed by atoms with Crippen LogP contribution in [0.25, 0.3) is 5.57 Å². The van der Waals surface area contributed by atoms with Gasteiger partial charge in [-0.05, 0) is 66.6 Å². The van der Waals surface area contributed by atoms with Crippen molar-refractivity contribution >= 4 is 5.57 Å². The number of phenolic OH excluding ortho intramolecular Hbond substituents is 1. The Kier molecular flexibility index (Phi) is 6.87. The first-order valence-corrected chi connectivity index (χ1v) is 9.57. The molecule has 1 unspecified atom stereocenters. The second kappa shape index (κ2) is 9.75. The topological polar surface area (TPSA) is 74.6 Å². The van der Waals surface area contributed by atoms with Crippen molar-refractivity contribution in [3.8, 4) is 17.4 Å². The Labute approximate surface area is 171 Å². The summed E-state index contributed by atoms with van der Waals surface area (Å²) in [5.74, 6) is 1.07. The molecule has 0 aliphatic carbocycles. The molecule has 3 aromatic rings. The van der Waals surface area contributed by atoms with Crippen molar-refractivity contribution in [2.45, 2.75) is 12.8 Å². The summed E-state index contributed by atoms with van der Waals surface area (Å²) in [6.45, 7) is 3.43. The van der Waals surface area contributed by atoms with Crippen molar-refractivity contribution in [1.82, 2.24) is 10.3 Å². The minimum Gasteiger partial charge on any atom is -0.508 e. The van der Waals surface area contributed by atoms with Gasteiger partial charge >= 0.3 is 0 Å². The van der Waals surface area contributed by atoms with E-state index < -0.39 is 0 Å². The molecule has 5 heteroatoms. The van der Waals surface area contributed by atoms with Crippen molar-refractivity contribution in [1.29, 1.82) is 0 Å². The highest BCUT2D eigenvalue weighted by Gasteiger charge is 2.13. The van der Waals surface area contributed by atoms with E-state index in [9.17, 15) is 10.2 Å². The van der Waals surface area contributed by atoms with E-state index in [0.29, 0.717) is 6.61 Å². The molecule has 150 valence electrons. The Morgan fingerprint density at radius 3 is 2.24 bits per heavy atom. The van der Waals surface area contributed by atoms with Crippen LogP contribution in [-0.2, 0) is 0 Å². The van der Waals surface area contributed by atoms with Gasteiger partial charge in [-0.25, -0.2) is 4.98 Å². The van der Waals surface area contributed by atoms with E-state index >= 15 is 0 Å². The third kappa shape index (κ3) is 5.59. The van der Waals surface area contributed by atoms with Gasteiger partial charge in [0.1, 0.15) is 18.1 Å². The number of hydrogen-bond donors (Lipinski definition) is 3. The number of likely N-dealkylation sites (N-methyl/N-ethyl adjacent to an activating group) is 1. The second-order valence-electron chi connectivity index (χ2n) is 6.85. The van der Waals surface area contributed by atoms with Gasteiger partial charge in [-0.1, -0.05) is 30.3 Å². The maximum atomic E-state index is 9.67. The summed E-state index contributed by atoms with van der Waals surface area (Å²) in [6, 6.07) is 18.8. The van der Waals surface area contributed by atoms with Crippen LogP contribution in [0, 0.1) is 0 Å². The van der Waals surface area contributed by atoms with Crippen molar-refractivity contribution in [3.63, 3.8) is 0 Å². The predicted octanol–water partition coefficient (Wildman–Crippen LogP) is 4.33. The molecule has 3 rings (SSSR count). The smallest absolute Gasteiger partial charge is 0.210 e. The second-order valence-corrected chi connectivity index (χ2v) is 6.85. The number of hydrogen-bond acceptors (Lipinski definition) is 5. The number of pyridine rings is 1. The van der Waals surface area contributed by atoms with Crippen LogP contribution in [-0.4, -0.2) is 35.4 Å². The SMILES string of the molecule is CNCCOc1ccc(C(/C=C(\C)c2ccc(O)nc2)c2ccc(O)cc2)cc1. The van der Waals surface area contributed by atoms with Gasteiger partial charge in [0.2, 0.25) is 5.88 Å². The first-order valence-electron chi connectivity index (χ1n) is 9.57. The lowest BCUT2D eigenvalue weighted by Crippen LogP contribution is -2.15. The number of allylic oxidation sites excluding steroid dienone is 2. The molecule has 1 heterocycles. The maximum Gasteiger partial charge on any atom is 0.210 e. The Morgan fingerprint density at radius 1 is 1.00 bits per heavy atom. The quantitative estimate of drug-likeness (QED) is 0.499. The standard InChI is InChI=1S/C24H26N2O3/c1-17(20-7-12-24(28)26-16-20)15-23(18-3-8-21(27)9-4-18)19-5-10-22(11-6-19)29-14-13-25-2/h3-12,15-16,23,25,27H,13-14H2,1-2H3,(H,26,28)/b17-15+. The summed E-state index contributed by atoms with van der Waals surface area (Å²) >= 11 is 0. The highest BCUT2D eigenvalue weighted by molar-refractivity contribution is 5.65. The molecular formula is C24H26N2O3. The van der Waals surface area contributed by atoms with Gasteiger partial charge in [-0.3, -0.25) is 0 Å². The van der Waals surface area contributed by atoms with Crippen LogP contribution in [0.15, 0.2) is 72.9 Å². The predicted molar refractivity (Wildman–Crippen MR) is 115 cm³/mol. The van der Waals surface area contributed by atoms with Gasteiger partial charge in [0.25, 0.3) is 0 Å². The van der Waals surface area contributed by atoms with Crippen LogP contribution < -0.4 is 10.1 Å². The average molecular weight is 390 g/mol. The number of nitrogens with one attached hydrogen (secondary N) is 1. The number of ether oxygens (including phenoxy) is 1. The van der Waals surface area contributed by atoms with Gasteiger partial charge in [-0.2, -0.15) is 0 Å². The third-order valence-corrected chi connectivity index (χ3v) is 4.73. The van der Waals surface area contributed by atoms with Gasteiger partial charge in [-0.15, -0.1) is 0 Å². The maximum absolute atomic E-state index is 9.67. The lowest BCUT2D eigenvalue weighted by atomic mass is 9.88. The number of rotatable bonds is 8. The highest BCUT2D eigenvalue weighted by Crippen LogP contribution is 2.31. The molecule has 0 bridgehead atoms. The zero-order chi connectivity index (χ0) is 20.6. The summed E-state index contributed by atoms with van der Waals surface area (Å²) in [7, 11) is 1.90.